The van der Waals surface area contributed by atoms with E-state index in [1.807, 2.05) is 36.4 Å². The smallest absolute Gasteiger partial charge is 0.308 e. The first kappa shape index (κ1) is 12.7. The average Bonchev–Trinajstić information content (AvgIpc) is 2.40. The Hall–Kier alpha value is -1.77. The monoisotopic (exact) mass is 261 g/mol. The molecule has 1 aliphatic carbocycles. The summed E-state index contributed by atoms with van der Waals surface area (Å²) in [5, 5.41) is 3.40. The van der Waals surface area contributed by atoms with Gasteiger partial charge in [0.05, 0.1) is 6.42 Å². The third-order valence-corrected chi connectivity index (χ3v) is 3.32. The van der Waals surface area contributed by atoms with Crippen molar-refractivity contribution in [3.05, 3.63) is 59.0 Å². The van der Waals surface area contributed by atoms with Crippen LogP contribution in [0, 0.1) is 0 Å². The Bertz CT molecular complexity index is 546. The van der Waals surface area contributed by atoms with Crippen LogP contribution < -0.4 is 5.32 Å². The Morgan fingerprint density at radius 3 is 2.56 bits per heavy atom. The van der Waals surface area contributed by atoms with E-state index in [0.29, 0.717) is 6.42 Å². The molecule has 0 amide bonds. The SMILES string of the molecule is [N-]=[N+]=C1CC=C(Nc2ccccc2)C=C1P(O)O. The molecule has 0 heterocycles. The van der Waals surface area contributed by atoms with Crippen LogP contribution in [0.25, 0.3) is 5.53 Å². The van der Waals surface area contributed by atoms with E-state index in [1.54, 1.807) is 6.08 Å². The maximum Gasteiger partial charge on any atom is 0.308 e. The lowest BCUT2D eigenvalue weighted by molar-refractivity contribution is -0.00592. The molecule has 1 aromatic rings. The van der Waals surface area contributed by atoms with Crippen molar-refractivity contribution < 1.29 is 14.6 Å². The summed E-state index contributed by atoms with van der Waals surface area (Å²) in [6.45, 7) is 0. The van der Waals surface area contributed by atoms with Gasteiger partial charge in [0.2, 0.25) is 8.38 Å². The molecule has 1 aromatic carbocycles. The molecule has 0 aliphatic heterocycles. The zero-order valence-electron chi connectivity index (χ0n) is 9.48. The number of nitrogens with zero attached hydrogens (tertiary/aromatic N) is 2. The van der Waals surface area contributed by atoms with Gasteiger partial charge in [0.15, 0.2) is 0 Å². The quantitative estimate of drug-likeness (QED) is 0.443. The summed E-state index contributed by atoms with van der Waals surface area (Å²) in [6.07, 6.45) is 3.76. The minimum atomic E-state index is -2.28. The van der Waals surface area contributed by atoms with Crippen molar-refractivity contribution in [2.45, 2.75) is 6.42 Å². The maximum atomic E-state index is 9.27. The molecular weight excluding hydrogens is 249 g/mol. The minimum Gasteiger partial charge on any atom is -0.361 e. The first-order chi connectivity index (χ1) is 8.70. The van der Waals surface area contributed by atoms with E-state index in [0.717, 1.165) is 11.4 Å². The van der Waals surface area contributed by atoms with Crippen molar-refractivity contribution in [3.8, 4) is 0 Å². The van der Waals surface area contributed by atoms with Crippen LogP contribution in [-0.2, 0) is 0 Å². The Balaban J connectivity index is 2.22. The second-order valence-corrected chi connectivity index (χ2v) is 4.78. The lowest BCUT2D eigenvalue weighted by Crippen LogP contribution is -2.10. The number of anilines is 1. The molecule has 2 rings (SSSR count). The van der Waals surface area contributed by atoms with Crippen molar-refractivity contribution in [1.82, 2.24) is 0 Å². The standard InChI is InChI=1S/C12H12N3O2P/c13-15-11-7-6-10(8-12(11)18(16)17)14-9-4-2-1-3-5-9/h1-6,8,14,16-17H,7H2. The van der Waals surface area contributed by atoms with Crippen molar-refractivity contribution in [3.63, 3.8) is 0 Å². The van der Waals surface area contributed by atoms with Crippen LogP contribution in [0.4, 0.5) is 5.69 Å². The van der Waals surface area contributed by atoms with Gasteiger partial charge in [0.1, 0.15) is 5.31 Å². The Labute approximate surface area is 106 Å². The Kier molecular flexibility index (Phi) is 4.03. The van der Waals surface area contributed by atoms with Gasteiger partial charge in [0, 0.05) is 11.4 Å². The number of hydrogen-bond acceptors (Lipinski definition) is 3. The first-order valence-corrected chi connectivity index (χ1v) is 6.58. The summed E-state index contributed by atoms with van der Waals surface area (Å²) in [4.78, 5) is 21.6. The van der Waals surface area contributed by atoms with Crippen molar-refractivity contribution in [2.24, 2.45) is 0 Å². The van der Waals surface area contributed by atoms with Crippen LogP contribution in [0.2, 0.25) is 0 Å². The Morgan fingerprint density at radius 2 is 1.94 bits per heavy atom. The van der Waals surface area contributed by atoms with Crippen molar-refractivity contribution in [1.29, 1.82) is 0 Å². The predicted molar refractivity (Wildman–Crippen MR) is 70.8 cm³/mol. The summed E-state index contributed by atoms with van der Waals surface area (Å²) >= 11 is 0. The summed E-state index contributed by atoms with van der Waals surface area (Å²) < 4.78 is 0. The lowest BCUT2D eigenvalue weighted by Gasteiger charge is -2.13. The third-order valence-electron chi connectivity index (χ3n) is 2.50. The molecule has 0 spiro atoms. The van der Waals surface area contributed by atoms with Crippen LogP contribution in [-0.4, -0.2) is 20.3 Å². The van der Waals surface area contributed by atoms with Gasteiger partial charge in [-0.1, -0.05) is 18.2 Å². The normalized spacial score (nSPS) is 14.9. The fraction of sp³-hybridized carbons (Fsp3) is 0.0833. The molecule has 0 saturated carbocycles. The van der Waals surface area contributed by atoms with Gasteiger partial charge in [-0.2, -0.15) is 4.79 Å². The summed E-state index contributed by atoms with van der Waals surface area (Å²) in [5.41, 5.74) is 10.7. The van der Waals surface area contributed by atoms with E-state index in [-0.39, 0.29) is 11.0 Å². The largest absolute Gasteiger partial charge is 0.361 e. The summed E-state index contributed by atoms with van der Waals surface area (Å²) in [7, 11) is -2.28. The van der Waals surface area contributed by atoms with Crippen LogP contribution in [0.15, 0.2) is 53.5 Å². The van der Waals surface area contributed by atoms with Gasteiger partial charge in [-0.05, 0) is 24.3 Å². The molecule has 0 aromatic heterocycles. The van der Waals surface area contributed by atoms with Crippen molar-refractivity contribution in [2.75, 3.05) is 5.32 Å². The van der Waals surface area contributed by atoms with Gasteiger partial charge in [-0.15, -0.1) is 0 Å². The van der Waals surface area contributed by atoms with Gasteiger partial charge >= 0.3 is 5.71 Å². The molecular formula is C12H12N3O2P. The average molecular weight is 261 g/mol. The van der Waals surface area contributed by atoms with E-state index in [9.17, 15) is 9.79 Å². The van der Waals surface area contributed by atoms with Gasteiger partial charge in [-0.3, -0.25) is 0 Å². The highest BCUT2D eigenvalue weighted by Gasteiger charge is 2.25. The van der Waals surface area contributed by atoms with E-state index < -0.39 is 8.38 Å². The zero-order chi connectivity index (χ0) is 13.0. The lowest BCUT2D eigenvalue weighted by atomic mass is 10.1. The number of para-hydroxylation sites is 1. The fourth-order valence-corrected chi connectivity index (χ4v) is 2.26. The Morgan fingerprint density at radius 1 is 1.22 bits per heavy atom. The van der Waals surface area contributed by atoms with Gasteiger partial charge < -0.3 is 20.6 Å². The van der Waals surface area contributed by atoms with E-state index in [2.05, 4.69) is 10.1 Å². The number of hydrogen-bond donors (Lipinski definition) is 3. The van der Waals surface area contributed by atoms with Crippen molar-refractivity contribution >= 4 is 19.8 Å². The van der Waals surface area contributed by atoms with Crippen LogP contribution in [0.5, 0.6) is 0 Å². The third kappa shape index (κ3) is 2.92. The van der Waals surface area contributed by atoms with Gasteiger partial charge in [-0.25, -0.2) is 0 Å². The minimum absolute atomic E-state index is 0.258. The highest BCUT2D eigenvalue weighted by molar-refractivity contribution is 7.51. The molecule has 0 unspecified atom stereocenters. The number of benzene rings is 1. The van der Waals surface area contributed by atoms with Gasteiger partial charge in [0.25, 0.3) is 0 Å². The number of allylic oxidation sites excluding steroid dienone is 3. The molecule has 6 heteroatoms. The molecule has 92 valence electrons. The summed E-state index contributed by atoms with van der Waals surface area (Å²) in [6, 6.07) is 9.54. The molecule has 0 saturated heterocycles. The van der Waals surface area contributed by atoms with Crippen LogP contribution in [0.1, 0.15) is 6.42 Å². The number of nitrogens with one attached hydrogen (secondary N) is 1. The fourth-order valence-electron chi connectivity index (χ4n) is 1.64. The zero-order valence-corrected chi connectivity index (χ0v) is 10.4. The van der Waals surface area contributed by atoms with Crippen LogP contribution in [0.3, 0.4) is 0 Å². The van der Waals surface area contributed by atoms with E-state index in [1.165, 1.54) is 0 Å². The highest BCUT2D eigenvalue weighted by atomic mass is 31.2. The molecule has 0 radical (unpaired) electrons. The number of rotatable bonds is 3. The summed E-state index contributed by atoms with van der Waals surface area (Å²) in [5.74, 6) is 0. The molecule has 0 atom stereocenters. The molecule has 0 bridgehead atoms. The predicted octanol–water partition coefficient (Wildman–Crippen LogP) is 2.24. The molecule has 1 aliphatic rings. The first-order valence-electron chi connectivity index (χ1n) is 5.34. The van der Waals surface area contributed by atoms with E-state index >= 15 is 0 Å². The van der Waals surface area contributed by atoms with Crippen LogP contribution >= 0.6 is 8.38 Å². The molecule has 0 fully saturated rings. The van der Waals surface area contributed by atoms with E-state index in [4.69, 9.17) is 5.53 Å². The maximum absolute atomic E-state index is 9.27. The topological polar surface area (TPSA) is 88.9 Å². The highest BCUT2D eigenvalue weighted by Crippen LogP contribution is 2.39. The second kappa shape index (κ2) is 5.71. The molecule has 18 heavy (non-hydrogen) atoms. The molecule has 5 nitrogen and oxygen atoms in total. The molecule has 3 N–H and O–H groups in total. The second-order valence-electron chi connectivity index (χ2n) is 3.72.